The van der Waals surface area contributed by atoms with Crippen LogP contribution in [0.25, 0.3) is 0 Å². The first-order valence-corrected chi connectivity index (χ1v) is 9.76. The van der Waals surface area contributed by atoms with Crippen LogP contribution < -0.4 is 0 Å². The summed E-state index contributed by atoms with van der Waals surface area (Å²) in [5.41, 5.74) is 0. The smallest absolute Gasteiger partial charge is 0.303 e. The molecule has 0 atom stereocenters. The van der Waals surface area contributed by atoms with Crippen LogP contribution in [0.4, 0.5) is 0 Å². The van der Waals surface area contributed by atoms with Crippen LogP contribution in [0.1, 0.15) is 97.3 Å². The molecule has 5 heteroatoms. The Labute approximate surface area is 125 Å². The predicted octanol–water partition coefficient (Wildman–Crippen LogP) is 5.17. The Kier molecular flexibility index (Phi) is 19.2. The van der Waals surface area contributed by atoms with Crippen LogP contribution >= 0.6 is 7.82 Å². The second-order valence-corrected chi connectivity index (χ2v) is 6.43. The van der Waals surface area contributed by atoms with Gasteiger partial charge in [0, 0.05) is 0 Å². The second-order valence-electron chi connectivity index (χ2n) is 5.40. The zero-order valence-electron chi connectivity index (χ0n) is 13.4. The van der Waals surface area contributed by atoms with Gasteiger partial charge in [-0.1, -0.05) is 97.3 Å². The van der Waals surface area contributed by atoms with Crippen LogP contribution in [0.3, 0.4) is 0 Å². The van der Waals surface area contributed by atoms with Crippen LogP contribution in [0.15, 0.2) is 0 Å². The third-order valence-electron chi connectivity index (χ3n) is 3.21. The molecule has 0 bridgehead atoms. The van der Waals surface area contributed by atoms with Gasteiger partial charge >= 0.3 is 7.82 Å². The number of hydrogen-bond donors (Lipinski definition) is 3. The number of rotatable bonds is 12. The van der Waals surface area contributed by atoms with Crippen molar-refractivity contribution in [1.82, 2.24) is 0 Å². The molecule has 0 aliphatic heterocycles. The number of hydrogen-bond acceptors (Lipinski definition) is 1. The van der Waals surface area contributed by atoms with Crippen molar-refractivity contribution in [2.75, 3.05) is 0 Å². The first-order valence-electron chi connectivity index (χ1n) is 8.20. The average molecular weight is 310 g/mol. The maximum absolute atomic E-state index is 8.88. The van der Waals surface area contributed by atoms with E-state index in [4.69, 9.17) is 19.2 Å². The fourth-order valence-electron chi connectivity index (χ4n) is 2.09. The standard InChI is InChI=1S/C15H32.H3O4P/c1-3-5-7-9-11-13-15-14-12-10-8-6-4-2;1-5(2,3)4/h3-15H2,1-2H3;(H3,1,2,3,4). The Morgan fingerprint density at radius 2 is 0.700 bits per heavy atom. The van der Waals surface area contributed by atoms with Crippen molar-refractivity contribution in [3.63, 3.8) is 0 Å². The molecule has 0 aromatic carbocycles. The number of unbranched alkanes of at least 4 members (excludes halogenated alkanes) is 12. The highest BCUT2D eigenvalue weighted by Gasteiger charge is 2.00. The van der Waals surface area contributed by atoms with Crippen molar-refractivity contribution >= 4 is 7.82 Å². The van der Waals surface area contributed by atoms with Gasteiger partial charge in [0.05, 0.1) is 0 Å². The van der Waals surface area contributed by atoms with Gasteiger partial charge < -0.3 is 14.7 Å². The molecule has 3 N–H and O–H groups in total. The lowest BCUT2D eigenvalue weighted by Crippen LogP contribution is -1.82. The molecule has 0 spiro atoms. The first-order chi connectivity index (χ1) is 9.41. The van der Waals surface area contributed by atoms with Gasteiger partial charge in [0.2, 0.25) is 0 Å². The molecule has 0 heterocycles. The molecule has 0 rings (SSSR count). The molecule has 0 aromatic heterocycles. The SMILES string of the molecule is CCCCCCCCCCCCCCC.O=P(O)(O)O. The molecule has 0 amide bonds. The van der Waals surface area contributed by atoms with E-state index in [1.165, 1.54) is 83.5 Å². The van der Waals surface area contributed by atoms with E-state index >= 15 is 0 Å². The number of phosphoric acid groups is 1. The third-order valence-corrected chi connectivity index (χ3v) is 3.21. The predicted molar refractivity (Wildman–Crippen MR) is 85.6 cm³/mol. The highest BCUT2D eigenvalue weighted by atomic mass is 31.2. The lowest BCUT2D eigenvalue weighted by Gasteiger charge is -2.01. The van der Waals surface area contributed by atoms with Crippen LogP contribution in [0.5, 0.6) is 0 Å². The van der Waals surface area contributed by atoms with Gasteiger partial charge in [-0.05, 0) is 0 Å². The Bertz CT molecular complexity index is 196. The molecular formula is C15H35O4P. The minimum Gasteiger partial charge on any atom is -0.303 e. The molecule has 0 saturated carbocycles. The van der Waals surface area contributed by atoms with Gasteiger partial charge in [0.1, 0.15) is 0 Å². The summed E-state index contributed by atoms with van der Waals surface area (Å²) in [7, 11) is -4.64. The molecule has 0 aliphatic rings. The van der Waals surface area contributed by atoms with Gasteiger partial charge in [0.25, 0.3) is 0 Å². The Morgan fingerprint density at radius 1 is 0.550 bits per heavy atom. The van der Waals surface area contributed by atoms with Gasteiger partial charge in [0.15, 0.2) is 0 Å². The van der Waals surface area contributed by atoms with E-state index in [1.807, 2.05) is 0 Å². The molecule has 0 aliphatic carbocycles. The van der Waals surface area contributed by atoms with Gasteiger partial charge in [-0.25, -0.2) is 4.57 Å². The summed E-state index contributed by atoms with van der Waals surface area (Å²) in [5.74, 6) is 0. The first kappa shape index (κ1) is 22.4. The minimum atomic E-state index is -4.64. The van der Waals surface area contributed by atoms with E-state index in [0.717, 1.165) is 0 Å². The zero-order valence-corrected chi connectivity index (χ0v) is 14.3. The summed E-state index contributed by atoms with van der Waals surface area (Å²) in [5, 5.41) is 0. The molecule has 0 aromatic rings. The molecule has 0 fully saturated rings. The normalized spacial score (nSPS) is 11.1. The molecule has 4 nitrogen and oxygen atoms in total. The Hall–Kier alpha value is 0.110. The largest absolute Gasteiger partial charge is 0.466 e. The zero-order chi connectivity index (χ0) is 15.7. The van der Waals surface area contributed by atoms with E-state index in [2.05, 4.69) is 13.8 Å². The van der Waals surface area contributed by atoms with Crippen LogP contribution in [0, 0.1) is 0 Å². The van der Waals surface area contributed by atoms with Crippen molar-refractivity contribution in [1.29, 1.82) is 0 Å². The molecule has 0 unspecified atom stereocenters. The van der Waals surface area contributed by atoms with E-state index in [0.29, 0.717) is 0 Å². The van der Waals surface area contributed by atoms with E-state index < -0.39 is 7.82 Å². The molecular weight excluding hydrogens is 275 g/mol. The topological polar surface area (TPSA) is 77.8 Å². The van der Waals surface area contributed by atoms with Gasteiger partial charge in [-0.3, -0.25) is 0 Å². The van der Waals surface area contributed by atoms with Crippen molar-refractivity contribution in [3.05, 3.63) is 0 Å². The van der Waals surface area contributed by atoms with Crippen molar-refractivity contribution < 1.29 is 19.2 Å². The maximum atomic E-state index is 8.88. The van der Waals surface area contributed by atoms with Crippen molar-refractivity contribution in [2.45, 2.75) is 97.3 Å². The second kappa shape index (κ2) is 17.2. The van der Waals surface area contributed by atoms with Crippen LogP contribution in [-0.2, 0) is 4.57 Å². The highest BCUT2D eigenvalue weighted by Crippen LogP contribution is 2.25. The van der Waals surface area contributed by atoms with E-state index in [1.54, 1.807) is 0 Å². The quantitative estimate of drug-likeness (QED) is 0.343. The third kappa shape index (κ3) is 36.2. The summed E-state index contributed by atoms with van der Waals surface area (Å²) in [6.45, 7) is 4.58. The summed E-state index contributed by atoms with van der Waals surface area (Å²) < 4.78 is 8.88. The molecule has 0 radical (unpaired) electrons. The highest BCUT2D eigenvalue weighted by molar-refractivity contribution is 7.45. The summed E-state index contributed by atoms with van der Waals surface area (Å²) >= 11 is 0. The van der Waals surface area contributed by atoms with Crippen molar-refractivity contribution in [3.8, 4) is 0 Å². The fraction of sp³-hybridized carbons (Fsp3) is 1.00. The lowest BCUT2D eigenvalue weighted by molar-refractivity contribution is 0.275. The van der Waals surface area contributed by atoms with Crippen LogP contribution in [0.2, 0.25) is 0 Å². The van der Waals surface area contributed by atoms with Gasteiger partial charge in [-0.2, -0.15) is 0 Å². The average Bonchev–Trinajstić information content (AvgIpc) is 2.34. The maximum Gasteiger partial charge on any atom is 0.466 e. The van der Waals surface area contributed by atoms with E-state index in [9.17, 15) is 0 Å². The summed E-state index contributed by atoms with van der Waals surface area (Å²) in [6, 6.07) is 0. The van der Waals surface area contributed by atoms with Crippen LogP contribution in [-0.4, -0.2) is 14.7 Å². The van der Waals surface area contributed by atoms with Crippen molar-refractivity contribution in [2.24, 2.45) is 0 Å². The fourth-order valence-corrected chi connectivity index (χ4v) is 2.09. The monoisotopic (exact) mass is 310 g/mol. The molecule has 0 saturated heterocycles. The summed E-state index contributed by atoms with van der Waals surface area (Å²) in [6.07, 6.45) is 18.9. The van der Waals surface area contributed by atoms with E-state index in [-0.39, 0.29) is 0 Å². The minimum absolute atomic E-state index is 1.37. The van der Waals surface area contributed by atoms with Gasteiger partial charge in [-0.15, -0.1) is 0 Å². The Balaban J connectivity index is 0. The lowest BCUT2D eigenvalue weighted by atomic mass is 10.1. The summed E-state index contributed by atoms with van der Waals surface area (Å²) in [4.78, 5) is 21.6. The Morgan fingerprint density at radius 3 is 0.850 bits per heavy atom. The molecule has 124 valence electrons. The molecule has 20 heavy (non-hydrogen) atoms.